The van der Waals surface area contributed by atoms with Crippen molar-refractivity contribution in [1.29, 1.82) is 0 Å². The SMILES string of the molecule is CCC1(C(=O)NCCCCC(N)=O)CCNC1. The molecule has 5 heteroatoms. The molecule has 1 aliphatic heterocycles. The van der Waals surface area contributed by atoms with E-state index in [1.165, 1.54) is 0 Å². The van der Waals surface area contributed by atoms with Crippen LogP contribution in [0.1, 0.15) is 39.0 Å². The van der Waals surface area contributed by atoms with Gasteiger partial charge in [0.2, 0.25) is 11.8 Å². The van der Waals surface area contributed by atoms with Crippen LogP contribution in [0.2, 0.25) is 0 Å². The largest absolute Gasteiger partial charge is 0.370 e. The maximum absolute atomic E-state index is 12.1. The molecule has 1 saturated heterocycles. The van der Waals surface area contributed by atoms with Crippen LogP contribution in [0.25, 0.3) is 0 Å². The Morgan fingerprint density at radius 2 is 2.18 bits per heavy atom. The summed E-state index contributed by atoms with van der Waals surface area (Å²) in [6.07, 6.45) is 3.73. The van der Waals surface area contributed by atoms with Crippen molar-refractivity contribution in [1.82, 2.24) is 10.6 Å². The Kier molecular flexibility index (Phi) is 5.41. The second kappa shape index (κ2) is 6.59. The molecule has 17 heavy (non-hydrogen) atoms. The number of amides is 2. The van der Waals surface area contributed by atoms with E-state index >= 15 is 0 Å². The van der Waals surface area contributed by atoms with E-state index in [1.807, 2.05) is 0 Å². The molecule has 0 aliphatic carbocycles. The normalized spacial score (nSPS) is 23.6. The third kappa shape index (κ3) is 4.00. The first kappa shape index (κ1) is 14.0. The molecule has 0 aromatic rings. The molecule has 1 atom stereocenters. The highest BCUT2D eigenvalue weighted by Gasteiger charge is 2.38. The Labute approximate surface area is 103 Å². The van der Waals surface area contributed by atoms with Crippen LogP contribution >= 0.6 is 0 Å². The van der Waals surface area contributed by atoms with Gasteiger partial charge in [-0.15, -0.1) is 0 Å². The summed E-state index contributed by atoms with van der Waals surface area (Å²) in [5.74, 6) is -0.134. The summed E-state index contributed by atoms with van der Waals surface area (Å²) < 4.78 is 0. The first-order chi connectivity index (χ1) is 8.10. The number of hydrogen-bond donors (Lipinski definition) is 3. The van der Waals surface area contributed by atoms with E-state index in [9.17, 15) is 9.59 Å². The van der Waals surface area contributed by atoms with Crippen LogP contribution in [-0.2, 0) is 9.59 Å². The fourth-order valence-electron chi connectivity index (χ4n) is 2.21. The third-order valence-corrected chi connectivity index (χ3v) is 3.54. The average Bonchev–Trinajstić information content (AvgIpc) is 2.77. The average molecular weight is 241 g/mol. The van der Waals surface area contributed by atoms with E-state index in [1.54, 1.807) is 0 Å². The van der Waals surface area contributed by atoms with Gasteiger partial charge >= 0.3 is 0 Å². The maximum atomic E-state index is 12.1. The van der Waals surface area contributed by atoms with Crippen LogP contribution in [0.15, 0.2) is 0 Å². The number of carbonyl (C=O) groups excluding carboxylic acids is 2. The summed E-state index contributed by atoms with van der Waals surface area (Å²) >= 11 is 0. The second-order valence-electron chi connectivity index (χ2n) is 4.74. The first-order valence-electron chi connectivity index (χ1n) is 6.38. The molecule has 0 bridgehead atoms. The molecule has 4 N–H and O–H groups in total. The van der Waals surface area contributed by atoms with Crippen LogP contribution in [-0.4, -0.2) is 31.4 Å². The molecule has 1 unspecified atom stereocenters. The molecule has 1 rings (SSSR count). The van der Waals surface area contributed by atoms with Gasteiger partial charge in [0, 0.05) is 19.5 Å². The molecule has 1 fully saturated rings. The smallest absolute Gasteiger partial charge is 0.227 e. The molecule has 0 aromatic heterocycles. The Balaban J connectivity index is 2.22. The van der Waals surface area contributed by atoms with E-state index < -0.39 is 0 Å². The highest BCUT2D eigenvalue weighted by Crippen LogP contribution is 2.29. The Morgan fingerprint density at radius 1 is 1.41 bits per heavy atom. The molecule has 0 saturated carbocycles. The van der Waals surface area contributed by atoms with Crippen LogP contribution in [0.4, 0.5) is 0 Å². The fourth-order valence-corrected chi connectivity index (χ4v) is 2.21. The number of rotatable bonds is 7. The van der Waals surface area contributed by atoms with Crippen molar-refractivity contribution >= 4 is 11.8 Å². The molecular weight excluding hydrogens is 218 g/mol. The van der Waals surface area contributed by atoms with Crippen molar-refractivity contribution in [2.75, 3.05) is 19.6 Å². The van der Waals surface area contributed by atoms with E-state index in [2.05, 4.69) is 17.6 Å². The second-order valence-corrected chi connectivity index (χ2v) is 4.74. The molecular formula is C12H23N3O2. The Bertz CT molecular complexity index is 273. The van der Waals surface area contributed by atoms with Crippen LogP contribution in [0.5, 0.6) is 0 Å². The lowest BCUT2D eigenvalue weighted by Crippen LogP contribution is -2.42. The van der Waals surface area contributed by atoms with Gasteiger partial charge in [-0.25, -0.2) is 0 Å². The third-order valence-electron chi connectivity index (χ3n) is 3.54. The standard InChI is InChI=1S/C12H23N3O2/c1-2-12(6-8-14-9-12)11(17)15-7-4-3-5-10(13)16/h14H,2-9H2,1H3,(H2,13,16)(H,15,17). The summed E-state index contributed by atoms with van der Waals surface area (Å²) in [6, 6.07) is 0. The van der Waals surface area contributed by atoms with Crippen LogP contribution in [0.3, 0.4) is 0 Å². The molecule has 98 valence electrons. The molecule has 5 nitrogen and oxygen atoms in total. The quantitative estimate of drug-likeness (QED) is 0.555. The van der Waals surface area contributed by atoms with Gasteiger partial charge in [-0.2, -0.15) is 0 Å². The minimum Gasteiger partial charge on any atom is -0.370 e. The number of unbranched alkanes of at least 4 members (excludes halogenated alkanes) is 1. The predicted octanol–water partition coefficient (Wildman–Crippen LogP) is 0.148. The van der Waals surface area contributed by atoms with Gasteiger partial charge < -0.3 is 16.4 Å². The van der Waals surface area contributed by atoms with Gasteiger partial charge in [0.05, 0.1) is 5.41 Å². The Morgan fingerprint density at radius 3 is 2.71 bits per heavy atom. The highest BCUT2D eigenvalue weighted by atomic mass is 16.2. The van der Waals surface area contributed by atoms with Gasteiger partial charge in [-0.3, -0.25) is 9.59 Å². The lowest BCUT2D eigenvalue weighted by molar-refractivity contribution is -0.130. The van der Waals surface area contributed by atoms with Gasteiger partial charge in [0.1, 0.15) is 0 Å². The van der Waals surface area contributed by atoms with Gasteiger partial charge in [-0.05, 0) is 32.2 Å². The fraction of sp³-hybridized carbons (Fsp3) is 0.833. The van der Waals surface area contributed by atoms with Crippen molar-refractivity contribution in [3.8, 4) is 0 Å². The van der Waals surface area contributed by atoms with Gasteiger partial charge in [-0.1, -0.05) is 6.92 Å². The number of carbonyl (C=O) groups is 2. The van der Waals surface area contributed by atoms with Crippen molar-refractivity contribution in [3.63, 3.8) is 0 Å². The zero-order valence-electron chi connectivity index (χ0n) is 10.6. The van der Waals surface area contributed by atoms with Crippen molar-refractivity contribution in [2.24, 2.45) is 11.1 Å². The van der Waals surface area contributed by atoms with Crippen LogP contribution in [0, 0.1) is 5.41 Å². The topological polar surface area (TPSA) is 84.2 Å². The summed E-state index contributed by atoms with van der Waals surface area (Å²) in [7, 11) is 0. The van der Waals surface area contributed by atoms with Crippen LogP contribution < -0.4 is 16.4 Å². The summed E-state index contributed by atoms with van der Waals surface area (Å²) in [4.78, 5) is 22.6. The van der Waals surface area contributed by atoms with Crippen molar-refractivity contribution in [3.05, 3.63) is 0 Å². The Hall–Kier alpha value is -1.10. The van der Waals surface area contributed by atoms with Crippen molar-refractivity contribution in [2.45, 2.75) is 39.0 Å². The first-order valence-corrected chi connectivity index (χ1v) is 6.38. The summed E-state index contributed by atoms with van der Waals surface area (Å²) in [6.45, 7) is 4.38. The number of primary amides is 1. The molecule has 0 spiro atoms. The molecule has 1 heterocycles. The summed E-state index contributed by atoms with van der Waals surface area (Å²) in [5, 5.41) is 6.20. The van der Waals surface area contributed by atoms with Crippen molar-refractivity contribution < 1.29 is 9.59 Å². The van der Waals surface area contributed by atoms with E-state index in [-0.39, 0.29) is 17.2 Å². The van der Waals surface area contributed by atoms with E-state index in [0.29, 0.717) is 13.0 Å². The zero-order valence-corrected chi connectivity index (χ0v) is 10.6. The minimum atomic E-state index is -0.277. The molecule has 2 amide bonds. The van der Waals surface area contributed by atoms with E-state index in [0.717, 1.165) is 38.8 Å². The van der Waals surface area contributed by atoms with Gasteiger partial charge in [0.15, 0.2) is 0 Å². The number of nitrogens with one attached hydrogen (secondary N) is 2. The van der Waals surface area contributed by atoms with Gasteiger partial charge in [0.25, 0.3) is 0 Å². The molecule has 0 radical (unpaired) electrons. The maximum Gasteiger partial charge on any atom is 0.227 e. The lowest BCUT2D eigenvalue weighted by Gasteiger charge is -2.25. The number of nitrogens with two attached hydrogens (primary N) is 1. The highest BCUT2D eigenvalue weighted by molar-refractivity contribution is 5.83. The molecule has 1 aliphatic rings. The summed E-state index contributed by atoms with van der Waals surface area (Å²) in [5.41, 5.74) is 4.82. The van der Waals surface area contributed by atoms with E-state index in [4.69, 9.17) is 5.73 Å². The molecule has 0 aromatic carbocycles. The lowest BCUT2D eigenvalue weighted by atomic mass is 9.83. The minimum absolute atomic E-state index is 0.143. The zero-order chi connectivity index (χ0) is 12.7. The monoisotopic (exact) mass is 241 g/mol. The number of hydrogen-bond acceptors (Lipinski definition) is 3. The predicted molar refractivity (Wildman–Crippen MR) is 66.3 cm³/mol.